The number of nitrogens with zero attached hydrogens (tertiary/aromatic N) is 2. The van der Waals surface area contributed by atoms with Crippen LogP contribution >= 0.6 is 0 Å². The van der Waals surface area contributed by atoms with E-state index in [1.807, 2.05) is 6.92 Å². The van der Waals surface area contributed by atoms with Crippen molar-refractivity contribution in [2.75, 3.05) is 6.54 Å². The van der Waals surface area contributed by atoms with Gasteiger partial charge in [0.1, 0.15) is 0 Å². The lowest BCUT2D eigenvalue weighted by atomic mass is 9.86. The molecule has 19 heavy (non-hydrogen) atoms. The predicted octanol–water partition coefficient (Wildman–Crippen LogP) is 1.37. The van der Waals surface area contributed by atoms with E-state index in [9.17, 15) is 9.90 Å². The fourth-order valence-electron chi connectivity index (χ4n) is 2.52. The first-order chi connectivity index (χ1) is 9.08. The largest absolute Gasteiger partial charge is 0.393 e. The van der Waals surface area contributed by atoms with E-state index >= 15 is 0 Å². The van der Waals surface area contributed by atoms with Crippen molar-refractivity contribution in [3.63, 3.8) is 0 Å². The zero-order valence-corrected chi connectivity index (χ0v) is 11.5. The van der Waals surface area contributed by atoms with Crippen LogP contribution in [-0.4, -0.2) is 33.9 Å². The van der Waals surface area contributed by atoms with E-state index in [0.717, 1.165) is 31.4 Å². The number of carbonyl (C=O) groups is 1. The van der Waals surface area contributed by atoms with Crippen LogP contribution in [0.4, 0.5) is 0 Å². The Balaban J connectivity index is 1.95. The lowest BCUT2D eigenvalue weighted by molar-refractivity contribution is 0.0662. The molecule has 0 radical (unpaired) electrons. The third-order valence-corrected chi connectivity index (χ3v) is 3.74. The number of aryl methyl sites for hydroxylation is 2. The maximum atomic E-state index is 12.1. The van der Waals surface area contributed by atoms with E-state index in [1.165, 1.54) is 0 Å². The number of aliphatic hydroxyl groups excluding tert-OH is 1. The number of hydrogen-bond acceptors (Lipinski definition) is 4. The molecule has 5 nitrogen and oxygen atoms in total. The third kappa shape index (κ3) is 3.50. The molecule has 104 valence electrons. The summed E-state index contributed by atoms with van der Waals surface area (Å²) in [7, 11) is 0. The highest BCUT2D eigenvalue weighted by atomic mass is 16.3. The van der Waals surface area contributed by atoms with E-state index in [0.29, 0.717) is 17.8 Å². The van der Waals surface area contributed by atoms with Crippen LogP contribution < -0.4 is 5.32 Å². The predicted molar refractivity (Wildman–Crippen MR) is 71.8 cm³/mol. The van der Waals surface area contributed by atoms with Crippen molar-refractivity contribution in [2.45, 2.75) is 45.6 Å². The molecule has 2 atom stereocenters. The number of aromatic nitrogens is 2. The Morgan fingerprint density at radius 1 is 1.37 bits per heavy atom. The Kier molecular flexibility index (Phi) is 4.47. The Bertz CT molecular complexity index is 462. The Labute approximate surface area is 113 Å². The second-order valence-corrected chi connectivity index (χ2v) is 5.31. The lowest BCUT2D eigenvalue weighted by Crippen LogP contribution is -2.37. The van der Waals surface area contributed by atoms with Crippen molar-refractivity contribution in [2.24, 2.45) is 5.92 Å². The number of carbonyl (C=O) groups excluding carboxylic acids is 1. The van der Waals surface area contributed by atoms with Gasteiger partial charge in [0, 0.05) is 12.5 Å². The summed E-state index contributed by atoms with van der Waals surface area (Å²) >= 11 is 0. The van der Waals surface area contributed by atoms with Crippen LogP contribution in [0.25, 0.3) is 0 Å². The van der Waals surface area contributed by atoms with Crippen molar-refractivity contribution >= 4 is 5.91 Å². The molecule has 5 heteroatoms. The molecule has 1 fully saturated rings. The SMILES string of the molecule is Cc1cc(C(=O)NCC2CCCCC2O)c(C)nn1. The maximum absolute atomic E-state index is 12.1. The quantitative estimate of drug-likeness (QED) is 0.863. The van der Waals surface area contributed by atoms with Gasteiger partial charge in [-0.3, -0.25) is 4.79 Å². The highest BCUT2D eigenvalue weighted by Crippen LogP contribution is 2.23. The first kappa shape index (κ1) is 13.9. The van der Waals surface area contributed by atoms with Gasteiger partial charge in [0.15, 0.2) is 0 Å². The van der Waals surface area contributed by atoms with Crippen LogP contribution in [0.15, 0.2) is 6.07 Å². The van der Waals surface area contributed by atoms with Gasteiger partial charge in [-0.25, -0.2) is 0 Å². The number of amides is 1. The molecule has 1 aliphatic rings. The fraction of sp³-hybridized carbons (Fsp3) is 0.643. The molecule has 0 saturated heterocycles. The smallest absolute Gasteiger partial charge is 0.253 e. The van der Waals surface area contributed by atoms with E-state index in [1.54, 1.807) is 13.0 Å². The molecule has 1 amide bonds. The van der Waals surface area contributed by atoms with Crippen LogP contribution in [-0.2, 0) is 0 Å². The van der Waals surface area contributed by atoms with Gasteiger partial charge in [0.25, 0.3) is 5.91 Å². The molecular weight excluding hydrogens is 242 g/mol. The molecule has 2 N–H and O–H groups in total. The summed E-state index contributed by atoms with van der Waals surface area (Å²) in [6, 6.07) is 1.75. The van der Waals surface area contributed by atoms with Crippen LogP contribution in [0.1, 0.15) is 47.4 Å². The number of aliphatic hydroxyl groups is 1. The number of hydrogen-bond donors (Lipinski definition) is 2. The summed E-state index contributed by atoms with van der Waals surface area (Å²) in [5.74, 6) is 0.0437. The highest BCUT2D eigenvalue weighted by Gasteiger charge is 2.23. The summed E-state index contributed by atoms with van der Waals surface area (Å²) < 4.78 is 0. The van der Waals surface area contributed by atoms with Gasteiger partial charge in [-0.2, -0.15) is 10.2 Å². The van der Waals surface area contributed by atoms with Crippen molar-refractivity contribution in [3.8, 4) is 0 Å². The summed E-state index contributed by atoms with van der Waals surface area (Å²) in [4.78, 5) is 12.1. The molecule has 0 aliphatic heterocycles. The molecule has 2 unspecified atom stereocenters. The topological polar surface area (TPSA) is 75.1 Å². The van der Waals surface area contributed by atoms with Crippen LogP contribution in [0, 0.1) is 19.8 Å². The van der Waals surface area contributed by atoms with Gasteiger partial charge >= 0.3 is 0 Å². The molecule has 0 bridgehead atoms. The highest BCUT2D eigenvalue weighted by molar-refractivity contribution is 5.95. The maximum Gasteiger partial charge on any atom is 0.253 e. The van der Waals surface area contributed by atoms with Gasteiger partial charge < -0.3 is 10.4 Å². The zero-order chi connectivity index (χ0) is 13.8. The van der Waals surface area contributed by atoms with E-state index in [-0.39, 0.29) is 17.9 Å². The molecule has 0 spiro atoms. The van der Waals surface area contributed by atoms with Crippen molar-refractivity contribution < 1.29 is 9.90 Å². The van der Waals surface area contributed by atoms with E-state index in [4.69, 9.17) is 0 Å². The zero-order valence-electron chi connectivity index (χ0n) is 11.5. The summed E-state index contributed by atoms with van der Waals surface area (Å²) in [6.45, 7) is 4.12. The Morgan fingerprint density at radius 2 is 2.11 bits per heavy atom. The van der Waals surface area contributed by atoms with E-state index in [2.05, 4.69) is 15.5 Å². The second-order valence-electron chi connectivity index (χ2n) is 5.31. The first-order valence-electron chi connectivity index (χ1n) is 6.85. The minimum atomic E-state index is -0.285. The van der Waals surface area contributed by atoms with Gasteiger partial charge in [0.2, 0.25) is 0 Å². The second kappa shape index (κ2) is 6.10. The van der Waals surface area contributed by atoms with Gasteiger partial charge in [0.05, 0.1) is 23.1 Å². The van der Waals surface area contributed by atoms with Crippen molar-refractivity contribution in [1.29, 1.82) is 0 Å². The molecule has 1 saturated carbocycles. The molecule has 1 aliphatic carbocycles. The van der Waals surface area contributed by atoms with Crippen LogP contribution in [0.5, 0.6) is 0 Å². The Hall–Kier alpha value is -1.49. The summed E-state index contributed by atoms with van der Waals surface area (Å²) in [5, 5.41) is 20.6. The molecular formula is C14H21N3O2. The normalized spacial score (nSPS) is 23.1. The third-order valence-electron chi connectivity index (χ3n) is 3.74. The summed E-state index contributed by atoms with van der Waals surface area (Å²) in [5.41, 5.74) is 1.93. The molecule has 1 heterocycles. The molecule has 2 rings (SSSR count). The average molecular weight is 263 g/mol. The monoisotopic (exact) mass is 263 g/mol. The van der Waals surface area contributed by atoms with Gasteiger partial charge in [-0.05, 0) is 32.8 Å². The fourth-order valence-corrected chi connectivity index (χ4v) is 2.52. The molecule has 1 aromatic rings. The summed E-state index contributed by atoms with van der Waals surface area (Å²) in [6.07, 6.45) is 3.75. The van der Waals surface area contributed by atoms with Gasteiger partial charge in [-0.1, -0.05) is 12.8 Å². The number of nitrogens with one attached hydrogen (secondary N) is 1. The standard InChI is InChI=1S/C14H21N3O2/c1-9-7-12(10(2)17-16-9)14(19)15-8-11-5-3-4-6-13(11)18/h7,11,13,18H,3-6,8H2,1-2H3,(H,15,19). The lowest BCUT2D eigenvalue weighted by Gasteiger charge is -2.27. The average Bonchev–Trinajstić information content (AvgIpc) is 2.40. The first-order valence-corrected chi connectivity index (χ1v) is 6.85. The van der Waals surface area contributed by atoms with Crippen molar-refractivity contribution in [3.05, 3.63) is 23.0 Å². The van der Waals surface area contributed by atoms with Crippen LogP contribution in [0.3, 0.4) is 0 Å². The van der Waals surface area contributed by atoms with E-state index < -0.39 is 0 Å². The van der Waals surface area contributed by atoms with Gasteiger partial charge in [-0.15, -0.1) is 0 Å². The van der Waals surface area contributed by atoms with Crippen LogP contribution in [0.2, 0.25) is 0 Å². The molecule has 1 aromatic heterocycles. The minimum absolute atomic E-state index is 0.131. The minimum Gasteiger partial charge on any atom is -0.393 e. The number of rotatable bonds is 3. The molecule has 0 aromatic carbocycles. The van der Waals surface area contributed by atoms with Crippen molar-refractivity contribution in [1.82, 2.24) is 15.5 Å². The Morgan fingerprint density at radius 3 is 2.84 bits per heavy atom.